The second-order valence-corrected chi connectivity index (χ2v) is 6.92. The molecule has 0 unspecified atom stereocenters. The maximum atomic E-state index is 3.79. The van der Waals surface area contributed by atoms with Crippen molar-refractivity contribution < 1.29 is 0 Å². The summed E-state index contributed by atoms with van der Waals surface area (Å²) in [4.78, 5) is 2.57. The second-order valence-electron chi connectivity index (χ2n) is 6.92. The first-order valence-corrected chi connectivity index (χ1v) is 8.84. The monoisotopic (exact) mass is 308 g/mol. The molecule has 0 saturated carbocycles. The Morgan fingerprint density at radius 2 is 1.61 bits per heavy atom. The topological polar surface area (TPSA) is 15.3 Å². The molecule has 0 spiro atoms. The van der Waals surface area contributed by atoms with Gasteiger partial charge in [-0.05, 0) is 36.0 Å². The highest BCUT2D eigenvalue weighted by Crippen LogP contribution is 2.26. The molecule has 0 amide bonds. The predicted molar refractivity (Wildman–Crippen MR) is 98.9 cm³/mol. The van der Waals surface area contributed by atoms with E-state index in [0.29, 0.717) is 12.0 Å². The van der Waals surface area contributed by atoms with Crippen LogP contribution in [0.4, 0.5) is 5.69 Å². The zero-order valence-corrected chi connectivity index (χ0v) is 14.3. The van der Waals surface area contributed by atoms with E-state index in [0.717, 1.165) is 6.54 Å². The van der Waals surface area contributed by atoms with Crippen molar-refractivity contribution in [2.45, 2.75) is 45.2 Å². The fourth-order valence-corrected chi connectivity index (χ4v) is 3.43. The molecule has 0 radical (unpaired) electrons. The number of para-hydroxylation sites is 1. The van der Waals surface area contributed by atoms with Gasteiger partial charge in [0.25, 0.3) is 0 Å². The molecule has 1 heterocycles. The molecule has 1 N–H and O–H groups in total. The number of rotatable bonds is 5. The van der Waals surface area contributed by atoms with Crippen LogP contribution >= 0.6 is 0 Å². The molecule has 0 bridgehead atoms. The number of benzene rings is 2. The molecular weight excluding hydrogens is 280 g/mol. The third-order valence-electron chi connectivity index (χ3n) is 4.78. The number of anilines is 1. The van der Waals surface area contributed by atoms with Crippen LogP contribution in [0.1, 0.15) is 43.7 Å². The molecule has 2 heteroatoms. The van der Waals surface area contributed by atoms with Crippen molar-refractivity contribution in [2.75, 3.05) is 18.4 Å². The van der Waals surface area contributed by atoms with Gasteiger partial charge in [-0.2, -0.15) is 0 Å². The summed E-state index contributed by atoms with van der Waals surface area (Å²) in [6.07, 6.45) is 2.44. The largest absolute Gasteiger partial charge is 0.382 e. The van der Waals surface area contributed by atoms with Crippen molar-refractivity contribution in [1.82, 2.24) is 4.90 Å². The minimum Gasteiger partial charge on any atom is -0.382 e. The van der Waals surface area contributed by atoms with Crippen LogP contribution in [0.15, 0.2) is 54.6 Å². The number of piperidine rings is 1. The van der Waals surface area contributed by atoms with Gasteiger partial charge in [-0.25, -0.2) is 0 Å². The minimum atomic E-state index is 0.567. The molecule has 2 aromatic carbocycles. The highest BCUT2D eigenvalue weighted by molar-refractivity contribution is 5.53. The van der Waals surface area contributed by atoms with E-state index in [1.54, 1.807) is 0 Å². The van der Waals surface area contributed by atoms with Crippen LogP contribution in [0.3, 0.4) is 0 Å². The van der Waals surface area contributed by atoms with Gasteiger partial charge in [0.2, 0.25) is 0 Å². The first-order valence-electron chi connectivity index (χ1n) is 8.84. The molecule has 3 rings (SSSR count). The summed E-state index contributed by atoms with van der Waals surface area (Å²) in [6.45, 7) is 7.97. The van der Waals surface area contributed by atoms with Gasteiger partial charge in [-0.3, -0.25) is 4.90 Å². The van der Waals surface area contributed by atoms with Crippen molar-refractivity contribution in [3.8, 4) is 0 Å². The molecule has 0 aliphatic carbocycles. The van der Waals surface area contributed by atoms with Crippen LogP contribution in [0.2, 0.25) is 0 Å². The van der Waals surface area contributed by atoms with Crippen molar-refractivity contribution in [1.29, 1.82) is 0 Å². The van der Waals surface area contributed by atoms with E-state index in [-0.39, 0.29) is 0 Å². The Morgan fingerprint density at radius 3 is 2.30 bits per heavy atom. The van der Waals surface area contributed by atoms with Crippen molar-refractivity contribution in [2.24, 2.45) is 0 Å². The van der Waals surface area contributed by atoms with Gasteiger partial charge in [-0.1, -0.05) is 62.4 Å². The van der Waals surface area contributed by atoms with E-state index in [2.05, 4.69) is 78.7 Å². The second kappa shape index (κ2) is 7.65. The Balaban J connectivity index is 1.53. The Hall–Kier alpha value is -1.80. The normalized spacial score (nSPS) is 16.7. The van der Waals surface area contributed by atoms with E-state index in [1.807, 2.05) is 0 Å². The average Bonchev–Trinajstić information content (AvgIpc) is 2.58. The lowest BCUT2D eigenvalue weighted by Crippen LogP contribution is -2.38. The standard InChI is InChI=1S/C21H28N2/c1-17(2)20-10-6-7-11-21(20)22-19-12-14-23(15-13-19)16-18-8-4-3-5-9-18/h3-11,17,19,22H,12-16H2,1-2H3. The summed E-state index contributed by atoms with van der Waals surface area (Å²) in [5.74, 6) is 0.567. The number of nitrogens with one attached hydrogen (secondary N) is 1. The van der Waals surface area contributed by atoms with E-state index < -0.39 is 0 Å². The molecule has 1 fully saturated rings. The molecule has 2 nitrogen and oxygen atoms in total. The van der Waals surface area contributed by atoms with Crippen molar-refractivity contribution >= 4 is 5.69 Å². The molecule has 0 aromatic heterocycles. The Labute approximate surface area is 140 Å². The fraction of sp³-hybridized carbons (Fsp3) is 0.429. The summed E-state index contributed by atoms with van der Waals surface area (Å²) in [7, 11) is 0. The van der Waals surface area contributed by atoms with Crippen LogP contribution in [-0.2, 0) is 6.54 Å². The molecule has 1 aliphatic rings. The van der Waals surface area contributed by atoms with Gasteiger partial charge < -0.3 is 5.32 Å². The summed E-state index contributed by atoms with van der Waals surface area (Å²) in [6, 6.07) is 20.2. The third-order valence-corrected chi connectivity index (χ3v) is 4.78. The van der Waals surface area contributed by atoms with Crippen LogP contribution in [-0.4, -0.2) is 24.0 Å². The fourth-order valence-electron chi connectivity index (χ4n) is 3.43. The lowest BCUT2D eigenvalue weighted by molar-refractivity contribution is 0.211. The molecule has 122 valence electrons. The van der Waals surface area contributed by atoms with Crippen LogP contribution in [0.5, 0.6) is 0 Å². The Bertz CT molecular complexity index is 598. The van der Waals surface area contributed by atoms with E-state index in [4.69, 9.17) is 0 Å². The van der Waals surface area contributed by atoms with E-state index in [1.165, 1.54) is 42.7 Å². The van der Waals surface area contributed by atoms with Crippen LogP contribution < -0.4 is 5.32 Å². The highest BCUT2D eigenvalue weighted by atomic mass is 15.1. The summed E-state index contributed by atoms with van der Waals surface area (Å²) >= 11 is 0. The molecule has 1 aliphatic heterocycles. The molecular formula is C21H28N2. The minimum absolute atomic E-state index is 0.567. The maximum Gasteiger partial charge on any atom is 0.0377 e. The van der Waals surface area contributed by atoms with Gasteiger partial charge in [0.1, 0.15) is 0 Å². The molecule has 1 saturated heterocycles. The highest BCUT2D eigenvalue weighted by Gasteiger charge is 2.20. The van der Waals surface area contributed by atoms with Gasteiger partial charge >= 0.3 is 0 Å². The SMILES string of the molecule is CC(C)c1ccccc1NC1CCN(Cc2ccccc2)CC1. The summed E-state index contributed by atoms with van der Waals surface area (Å²) < 4.78 is 0. The van der Waals surface area contributed by atoms with Gasteiger partial charge in [0, 0.05) is 31.4 Å². The van der Waals surface area contributed by atoms with Gasteiger partial charge in [0.05, 0.1) is 0 Å². The number of hydrogen-bond acceptors (Lipinski definition) is 2. The molecule has 2 aromatic rings. The first-order chi connectivity index (χ1) is 11.2. The third kappa shape index (κ3) is 4.35. The van der Waals surface area contributed by atoms with Gasteiger partial charge in [0.15, 0.2) is 0 Å². The summed E-state index contributed by atoms with van der Waals surface area (Å²) in [5, 5.41) is 3.79. The lowest BCUT2D eigenvalue weighted by Gasteiger charge is -2.33. The van der Waals surface area contributed by atoms with Crippen molar-refractivity contribution in [3.05, 3.63) is 65.7 Å². The quantitative estimate of drug-likeness (QED) is 0.846. The zero-order valence-electron chi connectivity index (χ0n) is 14.3. The Kier molecular flexibility index (Phi) is 5.35. The van der Waals surface area contributed by atoms with E-state index in [9.17, 15) is 0 Å². The van der Waals surface area contributed by atoms with Gasteiger partial charge in [-0.15, -0.1) is 0 Å². The maximum absolute atomic E-state index is 3.79. The van der Waals surface area contributed by atoms with Crippen molar-refractivity contribution in [3.63, 3.8) is 0 Å². The first kappa shape index (κ1) is 16.1. The predicted octanol–water partition coefficient (Wildman–Crippen LogP) is 4.89. The lowest BCUT2D eigenvalue weighted by atomic mass is 9.99. The van der Waals surface area contributed by atoms with Crippen LogP contribution in [0, 0.1) is 0 Å². The zero-order chi connectivity index (χ0) is 16.1. The number of hydrogen-bond donors (Lipinski definition) is 1. The molecule has 0 atom stereocenters. The average molecular weight is 308 g/mol. The summed E-state index contributed by atoms with van der Waals surface area (Å²) in [5.41, 5.74) is 4.17. The smallest absolute Gasteiger partial charge is 0.0377 e. The Morgan fingerprint density at radius 1 is 0.957 bits per heavy atom. The van der Waals surface area contributed by atoms with Crippen LogP contribution in [0.25, 0.3) is 0 Å². The molecule has 23 heavy (non-hydrogen) atoms. The number of nitrogens with zero attached hydrogens (tertiary/aromatic N) is 1. The number of likely N-dealkylation sites (tertiary alicyclic amines) is 1. The van der Waals surface area contributed by atoms with E-state index >= 15 is 0 Å².